The van der Waals surface area contributed by atoms with Crippen molar-refractivity contribution in [3.05, 3.63) is 35.1 Å². The summed E-state index contributed by atoms with van der Waals surface area (Å²) in [6.45, 7) is 3.43. The minimum atomic E-state index is -0.103. The third-order valence-corrected chi connectivity index (χ3v) is 3.75. The molecule has 3 nitrogen and oxygen atoms in total. The number of nitrogens with zero attached hydrogens (tertiary/aromatic N) is 1. The lowest BCUT2D eigenvalue weighted by molar-refractivity contribution is 0.0386. The van der Waals surface area contributed by atoms with Crippen molar-refractivity contribution >= 4 is 0 Å². The SMILES string of the molecule is CNCc1ccc(F)c(CN2CCC(OC)CC2)c1. The fourth-order valence-corrected chi connectivity index (χ4v) is 2.61. The van der Waals surface area contributed by atoms with Crippen LogP contribution in [0, 0.1) is 5.82 Å². The molecule has 1 aliphatic heterocycles. The summed E-state index contributed by atoms with van der Waals surface area (Å²) in [6, 6.07) is 5.38. The Kier molecular flexibility index (Phi) is 5.31. The van der Waals surface area contributed by atoms with Crippen LogP contribution in [0.15, 0.2) is 18.2 Å². The molecule has 106 valence electrons. The first-order chi connectivity index (χ1) is 9.22. The maximum atomic E-state index is 13.8. The van der Waals surface area contributed by atoms with Crippen molar-refractivity contribution in [2.24, 2.45) is 0 Å². The molecule has 1 heterocycles. The van der Waals surface area contributed by atoms with Crippen LogP contribution in [0.3, 0.4) is 0 Å². The Morgan fingerprint density at radius 1 is 1.37 bits per heavy atom. The van der Waals surface area contributed by atoms with Crippen molar-refractivity contribution in [3.8, 4) is 0 Å². The van der Waals surface area contributed by atoms with Crippen LogP contribution >= 0.6 is 0 Å². The van der Waals surface area contributed by atoms with E-state index in [1.807, 2.05) is 19.2 Å². The van der Waals surface area contributed by atoms with E-state index in [9.17, 15) is 4.39 Å². The Morgan fingerprint density at radius 2 is 2.11 bits per heavy atom. The molecule has 19 heavy (non-hydrogen) atoms. The van der Waals surface area contributed by atoms with Gasteiger partial charge in [-0.3, -0.25) is 4.90 Å². The molecule has 2 rings (SSSR count). The van der Waals surface area contributed by atoms with Crippen molar-refractivity contribution in [3.63, 3.8) is 0 Å². The molecule has 0 radical (unpaired) electrons. The van der Waals surface area contributed by atoms with Gasteiger partial charge in [-0.25, -0.2) is 4.39 Å². The molecule has 0 atom stereocenters. The van der Waals surface area contributed by atoms with Gasteiger partial charge >= 0.3 is 0 Å². The summed E-state index contributed by atoms with van der Waals surface area (Å²) < 4.78 is 19.2. The molecule has 1 aromatic carbocycles. The number of halogens is 1. The highest BCUT2D eigenvalue weighted by atomic mass is 19.1. The number of methoxy groups -OCH3 is 1. The van der Waals surface area contributed by atoms with Gasteiger partial charge in [-0.1, -0.05) is 12.1 Å². The maximum absolute atomic E-state index is 13.8. The van der Waals surface area contributed by atoms with Crippen LogP contribution in [0.1, 0.15) is 24.0 Å². The number of benzene rings is 1. The summed E-state index contributed by atoms with van der Waals surface area (Å²) in [7, 11) is 3.67. The Balaban J connectivity index is 1.96. The zero-order chi connectivity index (χ0) is 13.7. The van der Waals surface area contributed by atoms with Crippen LogP contribution < -0.4 is 5.32 Å². The van der Waals surface area contributed by atoms with Crippen molar-refractivity contribution in [1.29, 1.82) is 0 Å². The normalized spacial score (nSPS) is 17.8. The molecule has 4 heteroatoms. The third-order valence-electron chi connectivity index (χ3n) is 3.75. The lowest BCUT2D eigenvalue weighted by atomic mass is 10.1. The summed E-state index contributed by atoms with van der Waals surface area (Å²) >= 11 is 0. The number of hydrogen-bond donors (Lipinski definition) is 1. The summed E-state index contributed by atoms with van der Waals surface area (Å²) in [6.07, 6.45) is 2.44. The monoisotopic (exact) mass is 266 g/mol. The van der Waals surface area contributed by atoms with Gasteiger partial charge in [0, 0.05) is 38.9 Å². The number of rotatable bonds is 5. The van der Waals surface area contributed by atoms with E-state index in [2.05, 4.69) is 10.2 Å². The van der Waals surface area contributed by atoms with Crippen LogP contribution in [0.4, 0.5) is 4.39 Å². The average molecular weight is 266 g/mol. The van der Waals surface area contributed by atoms with E-state index < -0.39 is 0 Å². The largest absolute Gasteiger partial charge is 0.381 e. The van der Waals surface area contributed by atoms with E-state index >= 15 is 0 Å². The number of ether oxygens (including phenoxy) is 1. The van der Waals surface area contributed by atoms with E-state index in [0.717, 1.165) is 43.6 Å². The highest BCUT2D eigenvalue weighted by Gasteiger charge is 2.19. The number of hydrogen-bond acceptors (Lipinski definition) is 3. The second kappa shape index (κ2) is 6.98. The summed E-state index contributed by atoms with van der Waals surface area (Å²) in [5.41, 5.74) is 1.93. The van der Waals surface area contributed by atoms with Gasteiger partial charge in [-0.15, -0.1) is 0 Å². The predicted octanol–water partition coefficient (Wildman–Crippen LogP) is 2.16. The molecule has 0 aliphatic carbocycles. The predicted molar refractivity (Wildman–Crippen MR) is 74.5 cm³/mol. The lowest BCUT2D eigenvalue weighted by Crippen LogP contribution is -2.36. The van der Waals surface area contributed by atoms with Gasteiger partial charge in [-0.2, -0.15) is 0 Å². The summed E-state index contributed by atoms with van der Waals surface area (Å²) in [5, 5.41) is 3.10. The molecular weight excluding hydrogens is 243 g/mol. The highest BCUT2D eigenvalue weighted by Crippen LogP contribution is 2.18. The lowest BCUT2D eigenvalue weighted by Gasteiger charge is -2.31. The molecule has 1 N–H and O–H groups in total. The first-order valence-electron chi connectivity index (χ1n) is 6.90. The molecule has 1 saturated heterocycles. The molecule has 0 aromatic heterocycles. The molecule has 0 bridgehead atoms. The minimum absolute atomic E-state index is 0.103. The molecular formula is C15H23FN2O. The summed E-state index contributed by atoms with van der Waals surface area (Å²) in [4.78, 5) is 2.30. The van der Waals surface area contributed by atoms with Gasteiger partial charge in [0.25, 0.3) is 0 Å². The quantitative estimate of drug-likeness (QED) is 0.884. The average Bonchev–Trinajstić information content (AvgIpc) is 2.44. The second-order valence-corrected chi connectivity index (χ2v) is 5.17. The first kappa shape index (κ1) is 14.4. The van der Waals surface area contributed by atoms with Crippen molar-refractivity contribution in [1.82, 2.24) is 10.2 Å². The van der Waals surface area contributed by atoms with Crippen molar-refractivity contribution < 1.29 is 9.13 Å². The van der Waals surface area contributed by atoms with E-state index in [0.29, 0.717) is 12.6 Å². The van der Waals surface area contributed by atoms with E-state index in [-0.39, 0.29) is 5.82 Å². The zero-order valence-electron chi connectivity index (χ0n) is 11.8. The number of piperidine rings is 1. The van der Waals surface area contributed by atoms with Gasteiger partial charge in [0.1, 0.15) is 5.82 Å². The van der Waals surface area contributed by atoms with Gasteiger partial charge in [0.15, 0.2) is 0 Å². The minimum Gasteiger partial charge on any atom is -0.381 e. The molecule has 1 aliphatic rings. The second-order valence-electron chi connectivity index (χ2n) is 5.17. The molecule has 0 spiro atoms. The zero-order valence-corrected chi connectivity index (χ0v) is 11.8. The van der Waals surface area contributed by atoms with Crippen molar-refractivity contribution in [2.75, 3.05) is 27.2 Å². The first-order valence-corrected chi connectivity index (χ1v) is 6.90. The van der Waals surface area contributed by atoms with Crippen molar-refractivity contribution in [2.45, 2.75) is 32.0 Å². The van der Waals surface area contributed by atoms with Gasteiger partial charge < -0.3 is 10.1 Å². The Bertz CT molecular complexity index is 403. The van der Waals surface area contributed by atoms with Crippen LogP contribution in [-0.4, -0.2) is 38.3 Å². The van der Waals surface area contributed by atoms with E-state index in [1.54, 1.807) is 13.2 Å². The Morgan fingerprint density at radius 3 is 2.74 bits per heavy atom. The van der Waals surface area contributed by atoms with Crippen LogP contribution in [-0.2, 0) is 17.8 Å². The third kappa shape index (κ3) is 4.00. The molecule has 1 aromatic rings. The summed E-state index contributed by atoms with van der Waals surface area (Å²) in [5.74, 6) is -0.103. The van der Waals surface area contributed by atoms with Gasteiger partial charge in [-0.05, 0) is 31.5 Å². The highest BCUT2D eigenvalue weighted by molar-refractivity contribution is 5.25. The van der Waals surface area contributed by atoms with E-state index in [1.165, 1.54) is 0 Å². The maximum Gasteiger partial charge on any atom is 0.127 e. The molecule has 1 fully saturated rings. The Hall–Kier alpha value is -0.970. The topological polar surface area (TPSA) is 24.5 Å². The fourth-order valence-electron chi connectivity index (χ4n) is 2.61. The van der Waals surface area contributed by atoms with Crippen LogP contribution in [0.5, 0.6) is 0 Å². The number of nitrogens with one attached hydrogen (secondary N) is 1. The van der Waals surface area contributed by atoms with Gasteiger partial charge in [0.05, 0.1) is 6.10 Å². The standard InChI is InChI=1S/C15H23FN2O/c1-17-10-12-3-4-15(16)13(9-12)11-18-7-5-14(19-2)6-8-18/h3-4,9,14,17H,5-8,10-11H2,1-2H3. The van der Waals surface area contributed by atoms with Crippen LogP contribution in [0.2, 0.25) is 0 Å². The van der Waals surface area contributed by atoms with E-state index in [4.69, 9.17) is 4.74 Å². The number of likely N-dealkylation sites (tertiary alicyclic amines) is 1. The molecule has 0 amide bonds. The fraction of sp³-hybridized carbons (Fsp3) is 0.600. The molecule has 0 unspecified atom stereocenters. The molecule has 0 saturated carbocycles. The smallest absolute Gasteiger partial charge is 0.127 e. The Labute approximate surface area is 114 Å². The van der Waals surface area contributed by atoms with Crippen LogP contribution in [0.25, 0.3) is 0 Å². The van der Waals surface area contributed by atoms with Gasteiger partial charge in [0.2, 0.25) is 0 Å².